The molecule has 0 aromatic heterocycles. The zero-order valence-electron chi connectivity index (χ0n) is 10.4. The molecule has 2 aromatic rings. The van der Waals surface area contributed by atoms with E-state index in [9.17, 15) is 15.3 Å². The smallest absolute Gasteiger partial charge is 0.200 e. The molecule has 3 heteroatoms. The van der Waals surface area contributed by atoms with Crippen LogP contribution in [0.2, 0.25) is 0 Å². The predicted molar refractivity (Wildman–Crippen MR) is 71.0 cm³/mol. The zero-order valence-corrected chi connectivity index (χ0v) is 10.4. The summed E-state index contributed by atoms with van der Waals surface area (Å²) in [6.07, 6.45) is 0. The number of phenols is 3. The molecular formula is C15H16O3. The van der Waals surface area contributed by atoms with Gasteiger partial charge < -0.3 is 15.3 Å². The van der Waals surface area contributed by atoms with Gasteiger partial charge in [-0.2, -0.15) is 0 Å². The topological polar surface area (TPSA) is 60.7 Å². The Kier molecular flexibility index (Phi) is 3.15. The van der Waals surface area contributed by atoms with E-state index < -0.39 is 5.75 Å². The van der Waals surface area contributed by atoms with Crippen molar-refractivity contribution in [2.75, 3.05) is 0 Å². The Labute approximate surface area is 106 Å². The lowest BCUT2D eigenvalue weighted by atomic mass is 9.91. The van der Waals surface area contributed by atoms with Crippen LogP contribution >= 0.6 is 0 Å². The highest BCUT2D eigenvalue weighted by Gasteiger charge is 2.19. The van der Waals surface area contributed by atoms with Crippen LogP contribution in [0.1, 0.15) is 25.3 Å². The van der Waals surface area contributed by atoms with Crippen LogP contribution in [0, 0.1) is 0 Å². The fourth-order valence-electron chi connectivity index (χ4n) is 2.03. The quantitative estimate of drug-likeness (QED) is 0.707. The summed E-state index contributed by atoms with van der Waals surface area (Å²) in [6, 6.07) is 10.8. The maximum Gasteiger partial charge on any atom is 0.200 e. The second kappa shape index (κ2) is 4.61. The molecule has 0 radical (unpaired) electrons. The van der Waals surface area contributed by atoms with E-state index in [1.165, 1.54) is 6.07 Å². The number of hydrogen-bond acceptors (Lipinski definition) is 3. The molecule has 2 aromatic carbocycles. The van der Waals surface area contributed by atoms with Gasteiger partial charge in [0.15, 0.2) is 11.5 Å². The van der Waals surface area contributed by atoms with Crippen LogP contribution in [0.4, 0.5) is 0 Å². The first-order valence-corrected chi connectivity index (χ1v) is 5.85. The largest absolute Gasteiger partial charge is 0.504 e. The van der Waals surface area contributed by atoms with Crippen molar-refractivity contribution in [1.29, 1.82) is 0 Å². The van der Waals surface area contributed by atoms with Gasteiger partial charge in [0.25, 0.3) is 0 Å². The summed E-state index contributed by atoms with van der Waals surface area (Å²) in [5.74, 6) is -0.920. The monoisotopic (exact) mass is 244 g/mol. The molecule has 0 aliphatic heterocycles. The maximum atomic E-state index is 10.1. The standard InChI is InChI=1S/C15H16O3/c1-9(2)11-8-12(16)14(17)15(18)13(11)10-6-4-3-5-7-10/h3-9,16-18H,1-2H3. The van der Waals surface area contributed by atoms with Gasteiger partial charge in [0, 0.05) is 5.56 Å². The van der Waals surface area contributed by atoms with E-state index in [1.54, 1.807) is 0 Å². The number of phenolic OH excluding ortho intramolecular Hbond substituents is 3. The fraction of sp³-hybridized carbons (Fsp3) is 0.200. The minimum atomic E-state index is -0.474. The third-order valence-corrected chi connectivity index (χ3v) is 2.97. The second-order valence-electron chi connectivity index (χ2n) is 4.58. The van der Waals surface area contributed by atoms with E-state index in [0.29, 0.717) is 5.56 Å². The van der Waals surface area contributed by atoms with Crippen molar-refractivity contribution < 1.29 is 15.3 Å². The molecule has 0 heterocycles. The van der Waals surface area contributed by atoms with Gasteiger partial charge in [-0.15, -0.1) is 0 Å². The molecule has 0 bridgehead atoms. The highest BCUT2D eigenvalue weighted by atomic mass is 16.3. The van der Waals surface area contributed by atoms with E-state index >= 15 is 0 Å². The van der Waals surface area contributed by atoms with Crippen LogP contribution in [0.5, 0.6) is 17.2 Å². The van der Waals surface area contributed by atoms with Crippen molar-refractivity contribution in [3.8, 4) is 28.4 Å². The predicted octanol–water partition coefficient (Wildman–Crippen LogP) is 3.59. The normalized spacial score (nSPS) is 10.8. The van der Waals surface area contributed by atoms with Gasteiger partial charge >= 0.3 is 0 Å². The lowest BCUT2D eigenvalue weighted by molar-refractivity contribution is 0.368. The average Bonchev–Trinajstić information content (AvgIpc) is 2.36. The van der Waals surface area contributed by atoms with E-state index in [0.717, 1.165) is 11.1 Å². The first-order chi connectivity index (χ1) is 8.52. The SMILES string of the molecule is CC(C)c1cc(O)c(O)c(O)c1-c1ccccc1. The van der Waals surface area contributed by atoms with Gasteiger partial charge in [-0.05, 0) is 23.1 Å². The van der Waals surface area contributed by atoms with E-state index in [1.807, 2.05) is 44.2 Å². The molecule has 94 valence electrons. The fourth-order valence-corrected chi connectivity index (χ4v) is 2.03. The Balaban J connectivity index is 2.76. The summed E-state index contributed by atoms with van der Waals surface area (Å²) < 4.78 is 0. The van der Waals surface area contributed by atoms with Crippen molar-refractivity contribution in [3.63, 3.8) is 0 Å². The number of hydrogen-bond donors (Lipinski definition) is 3. The second-order valence-corrected chi connectivity index (χ2v) is 4.58. The Hall–Kier alpha value is -2.16. The highest BCUT2D eigenvalue weighted by molar-refractivity contribution is 5.79. The van der Waals surface area contributed by atoms with E-state index in [4.69, 9.17) is 0 Å². The van der Waals surface area contributed by atoms with Crippen molar-refractivity contribution in [2.24, 2.45) is 0 Å². The van der Waals surface area contributed by atoms with E-state index in [2.05, 4.69) is 0 Å². The lowest BCUT2D eigenvalue weighted by Gasteiger charge is -2.16. The molecule has 0 fully saturated rings. The van der Waals surface area contributed by atoms with Crippen LogP contribution < -0.4 is 0 Å². The molecule has 2 rings (SSSR count). The van der Waals surface area contributed by atoms with E-state index in [-0.39, 0.29) is 17.4 Å². The third kappa shape index (κ3) is 1.99. The zero-order chi connectivity index (χ0) is 13.3. The Morgan fingerprint density at radius 2 is 1.50 bits per heavy atom. The molecule has 0 aliphatic carbocycles. The van der Waals surface area contributed by atoms with Gasteiger partial charge in [-0.3, -0.25) is 0 Å². The first kappa shape index (κ1) is 12.3. The van der Waals surface area contributed by atoms with Gasteiger partial charge in [-0.1, -0.05) is 44.2 Å². The lowest BCUT2D eigenvalue weighted by Crippen LogP contribution is -1.93. The molecule has 3 nitrogen and oxygen atoms in total. The molecule has 3 N–H and O–H groups in total. The van der Waals surface area contributed by atoms with Crippen LogP contribution in [0.3, 0.4) is 0 Å². The molecule has 0 spiro atoms. The first-order valence-electron chi connectivity index (χ1n) is 5.85. The van der Waals surface area contributed by atoms with Crippen molar-refractivity contribution in [1.82, 2.24) is 0 Å². The molecule has 18 heavy (non-hydrogen) atoms. The Morgan fingerprint density at radius 3 is 2.06 bits per heavy atom. The summed E-state index contributed by atoms with van der Waals surface area (Å²) >= 11 is 0. The number of aromatic hydroxyl groups is 3. The third-order valence-electron chi connectivity index (χ3n) is 2.97. The minimum Gasteiger partial charge on any atom is -0.504 e. The van der Waals surface area contributed by atoms with Crippen LogP contribution in [0.25, 0.3) is 11.1 Å². The molecule has 0 atom stereocenters. The Morgan fingerprint density at radius 1 is 0.889 bits per heavy atom. The van der Waals surface area contributed by atoms with Crippen molar-refractivity contribution in [2.45, 2.75) is 19.8 Å². The van der Waals surface area contributed by atoms with Crippen LogP contribution in [-0.2, 0) is 0 Å². The molecule has 0 aliphatic rings. The van der Waals surface area contributed by atoms with Crippen LogP contribution in [-0.4, -0.2) is 15.3 Å². The molecule has 0 saturated heterocycles. The van der Waals surface area contributed by atoms with Gasteiger partial charge in [-0.25, -0.2) is 0 Å². The van der Waals surface area contributed by atoms with Crippen LogP contribution in [0.15, 0.2) is 36.4 Å². The summed E-state index contributed by atoms with van der Waals surface area (Å²) in [7, 11) is 0. The maximum absolute atomic E-state index is 10.1. The summed E-state index contributed by atoms with van der Waals surface area (Å²) in [5, 5.41) is 29.3. The molecule has 0 amide bonds. The molecular weight excluding hydrogens is 228 g/mol. The highest BCUT2D eigenvalue weighted by Crippen LogP contribution is 2.46. The molecule has 0 saturated carbocycles. The summed E-state index contributed by atoms with van der Waals surface area (Å²) in [6.45, 7) is 3.94. The minimum absolute atomic E-state index is 0.123. The van der Waals surface area contributed by atoms with Gasteiger partial charge in [0.05, 0.1) is 0 Å². The number of rotatable bonds is 2. The van der Waals surface area contributed by atoms with Crippen molar-refractivity contribution in [3.05, 3.63) is 42.0 Å². The average molecular weight is 244 g/mol. The summed E-state index contributed by atoms with van der Waals surface area (Å²) in [4.78, 5) is 0. The van der Waals surface area contributed by atoms with Gasteiger partial charge in [0.2, 0.25) is 5.75 Å². The van der Waals surface area contributed by atoms with Crippen molar-refractivity contribution >= 4 is 0 Å². The molecule has 0 unspecified atom stereocenters. The summed E-state index contributed by atoms with van der Waals surface area (Å²) in [5.41, 5.74) is 2.18. The van der Waals surface area contributed by atoms with Gasteiger partial charge in [0.1, 0.15) is 0 Å². The number of benzene rings is 2. The Bertz CT molecular complexity index is 560.